The summed E-state index contributed by atoms with van der Waals surface area (Å²) < 4.78 is 10.6. The van der Waals surface area contributed by atoms with Gasteiger partial charge in [-0.3, -0.25) is 4.99 Å². The van der Waals surface area contributed by atoms with Gasteiger partial charge in [0.25, 0.3) is 0 Å². The highest BCUT2D eigenvalue weighted by Crippen LogP contribution is 1.99. The molecule has 0 spiro atoms. The number of nitrogens with one attached hydrogen (secondary N) is 2. The van der Waals surface area contributed by atoms with Crippen LogP contribution in [0.25, 0.3) is 0 Å². The van der Waals surface area contributed by atoms with Crippen molar-refractivity contribution in [2.24, 2.45) is 4.99 Å². The Bertz CT molecular complexity index is 382. The number of hydrogen-bond donors (Lipinski definition) is 2. The summed E-state index contributed by atoms with van der Waals surface area (Å²) in [5.41, 5.74) is 1.32. The van der Waals surface area contributed by atoms with E-state index in [1.807, 2.05) is 6.07 Å². The quantitative estimate of drug-likeness (QED) is 0.389. The highest BCUT2D eigenvalue weighted by Gasteiger charge is 1.96. The van der Waals surface area contributed by atoms with E-state index in [1.54, 1.807) is 14.2 Å². The van der Waals surface area contributed by atoms with Crippen molar-refractivity contribution in [3.63, 3.8) is 0 Å². The highest BCUT2D eigenvalue weighted by molar-refractivity contribution is 5.79. The first-order valence-electron chi connectivity index (χ1n) is 7.42. The molecule has 0 fully saturated rings. The van der Waals surface area contributed by atoms with E-state index in [0.29, 0.717) is 6.61 Å². The summed E-state index contributed by atoms with van der Waals surface area (Å²) in [6.07, 6.45) is 1.92. The third-order valence-corrected chi connectivity index (χ3v) is 2.96. The molecule has 0 radical (unpaired) electrons. The third-order valence-electron chi connectivity index (χ3n) is 2.96. The first kappa shape index (κ1) is 17.5. The van der Waals surface area contributed by atoms with Crippen LogP contribution in [-0.4, -0.2) is 53.0 Å². The van der Waals surface area contributed by atoms with E-state index in [9.17, 15) is 0 Å². The van der Waals surface area contributed by atoms with E-state index < -0.39 is 0 Å². The fraction of sp³-hybridized carbons (Fsp3) is 0.562. The molecule has 0 saturated heterocycles. The van der Waals surface area contributed by atoms with Gasteiger partial charge >= 0.3 is 0 Å². The molecule has 1 aromatic carbocycles. The molecule has 0 heterocycles. The molecule has 5 heteroatoms. The van der Waals surface area contributed by atoms with E-state index in [0.717, 1.165) is 45.1 Å². The lowest BCUT2D eigenvalue weighted by Crippen LogP contribution is -2.39. The van der Waals surface area contributed by atoms with E-state index in [1.165, 1.54) is 5.56 Å². The van der Waals surface area contributed by atoms with Crippen molar-refractivity contribution in [2.45, 2.75) is 12.8 Å². The second kappa shape index (κ2) is 12.2. The predicted octanol–water partition coefficient (Wildman–Crippen LogP) is 1.45. The van der Waals surface area contributed by atoms with Gasteiger partial charge in [-0.1, -0.05) is 30.3 Å². The minimum atomic E-state index is 0.670. The second-order valence-corrected chi connectivity index (χ2v) is 4.62. The molecule has 1 aromatic rings. The number of aliphatic imine (C=N–C) groups is 1. The van der Waals surface area contributed by atoms with Crippen LogP contribution in [0.15, 0.2) is 35.3 Å². The lowest BCUT2D eigenvalue weighted by molar-refractivity contribution is 0.135. The molecular formula is C16H27N3O2. The first-order valence-corrected chi connectivity index (χ1v) is 7.42. The number of rotatable bonds is 10. The van der Waals surface area contributed by atoms with Crippen LogP contribution in [-0.2, 0) is 15.9 Å². The molecule has 0 aromatic heterocycles. The van der Waals surface area contributed by atoms with Crippen molar-refractivity contribution in [3.05, 3.63) is 35.9 Å². The molecule has 0 unspecified atom stereocenters. The van der Waals surface area contributed by atoms with E-state index in [2.05, 4.69) is 39.9 Å². The Labute approximate surface area is 127 Å². The Hall–Kier alpha value is -1.59. The molecule has 1 rings (SSSR count). The molecule has 5 nitrogen and oxygen atoms in total. The lowest BCUT2D eigenvalue weighted by Gasteiger charge is -2.11. The summed E-state index contributed by atoms with van der Waals surface area (Å²) in [5.74, 6) is 0.802. The zero-order valence-electron chi connectivity index (χ0n) is 13.1. The van der Waals surface area contributed by atoms with Gasteiger partial charge in [0.1, 0.15) is 0 Å². The average molecular weight is 293 g/mol. The van der Waals surface area contributed by atoms with Crippen LogP contribution in [0.4, 0.5) is 0 Å². The van der Waals surface area contributed by atoms with Crippen molar-refractivity contribution in [1.29, 1.82) is 0 Å². The molecule has 118 valence electrons. The van der Waals surface area contributed by atoms with Crippen molar-refractivity contribution in [1.82, 2.24) is 10.6 Å². The number of nitrogens with zero attached hydrogens (tertiary/aromatic N) is 1. The van der Waals surface area contributed by atoms with Gasteiger partial charge < -0.3 is 20.1 Å². The van der Waals surface area contributed by atoms with Gasteiger partial charge in [-0.15, -0.1) is 0 Å². The van der Waals surface area contributed by atoms with Gasteiger partial charge in [0, 0.05) is 33.9 Å². The van der Waals surface area contributed by atoms with Crippen LogP contribution in [0.3, 0.4) is 0 Å². The Morgan fingerprint density at radius 3 is 2.52 bits per heavy atom. The molecular weight excluding hydrogens is 266 g/mol. The Balaban J connectivity index is 1.96. The lowest BCUT2D eigenvalue weighted by atomic mass is 10.2. The van der Waals surface area contributed by atoms with Crippen LogP contribution in [0.2, 0.25) is 0 Å². The molecule has 0 saturated carbocycles. The summed E-state index contributed by atoms with van der Waals surface area (Å²) >= 11 is 0. The Morgan fingerprint density at radius 2 is 1.81 bits per heavy atom. The number of hydrogen-bond acceptors (Lipinski definition) is 3. The van der Waals surface area contributed by atoms with Gasteiger partial charge in [-0.25, -0.2) is 0 Å². The van der Waals surface area contributed by atoms with Crippen molar-refractivity contribution >= 4 is 5.96 Å². The Kier molecular flexibility index (Phi) is 10.1. The zero-order valence-corrected chi connectivity index (χ0v) is 13.1. The molecule has 0 aliphatic rings. The maximum absolute atomic E-state index is 5.63. The SMILES string of the molecule is CN=C(NCCCOCCc1ccccc1)NCCOC. The summed E-state index contributed by atoms with van der Waals surface area (Å²) in [6, 6.07) is 10.4. The van der Waals surface area contributed by atoms with Crippen molar-refractivity contribution < 1.29 is 9.47 Å². The normalized spacial score (nSPS) is 11.4. The topological polar surface area (TPSA) is 54.9 Å². The van der Waals surface area contributed by atoms with Gasteiger partial charge in [-0.2, -0.15) is 0 Å². The van der Waals surface area contributed by atoms with E-state index >= 15 is 0 Å². The average Bonchev–Trinajstić information content (AvgIpc) is 2.53. The summed E-state index contributed by atoms with van der Waals surface area (Å²) in [7, 11) is 3.45. The van der Waals surface area contributed by atoms with Gasteiger partial charge in [0.15, 0.2) is 5.96 Å². The number of benzene rings is 1. The van der Waals surface area contributed by atoms with Crippen molar-refractivity contribution in [3.8, 4) is 0 Å². The summed E-state index contributed by atoms with van der Waals surface area (Å²) in [4.78, 5) is 4.13. The minimum absolute atomic E-state index is 0.670. The highest BCUT2D eigenvalue weighted by atomic mass is 16.5. The molecule has 0 aliphatic carbocycles. The van der Waals surface area contributed by atoms with Crippen LogP contribution < -0.4 is 10.6 Å². The molecule has 2 N–H and O–H groups in total. The predicted molar refractivity (Wildman–Crippen MR) is 86.8 cm³/mol. The minimum Gasteiger partial charge on any atom is -0.383 e. The number of ether oxygens (including phenoxy) is 2. The largest absolute Gasteiger partial charge is 0.383 e. The summed E-state index contributed by atoms with van der Waals surface area (Å²) in [6.45, 7) is 3.80. The van der Waals surface area contributed by atoms with Crippen LogP contribution in [0.5, 0.6) is 0 Å². The van der Waals surface area contributed by atoms with E-state index in [-0.39, 0.29) is 0 Å². The Morgan fingerprint density at radius 1 is 1.05 bits per heavy atom. The zero-order chi connectivity index (χ0) is 15.2. The van der Waals surface area contributed by atoms with Crippen LogP contribution in [0, 0.1) is 0 Å². The fourth-order valence-corrected chi connectivity index (χ4v) is 1.81. The molecule has 0 aliphatic heterocycles. The monoisotopic (exact) mass is 293 g/mol. The first-order chi connectivity index (χ1) is 10.4. The van der Waals surface area contributed by atoms with Crippen molar-refractivity contribution in [2.75, 3.05) is 47.1 Å². The maximum Gasteiger partial charge on any atom is 0.191 e. The standard InChI is InChI=1S/C16H27N3O2/c1-17-16(19-11-14-20-2)18-10-6-12-21-13-9-15-7-4-3-5-8-15/h3-5,7-8H,6,9-14H2,1-2H3,(H2,17,18,19). The number of methoxy groups -OCH3 is 1. The van der Waals surface area contributed by atoms with Crippen LogP contribution >= 0.6 is 0 Å². The van der Waals surface area contributed by atoms with E-state index in [4.69, 9.17) is 9.47 Å². The van der Waals surface area contributed by atoms with Gasteiger partial charge in [0.2, 0.25) is 0 Å². The molecule has 21 heavy (non-hydrogen) atoms. The molecule has 0 amide bonds. The molecule has 0 atom stereocenters. The second-order valence-electron chi connectivity index (χ2n) is 4.62. The molecule has 0 bridgehead atoms. The fourth-order valence-electron chi connectivity index (χ4n) is 1.81. The smallest absolute Gasteiger partial charge is 0.191 e. The summed E-state index contributed by atoms with van der Waals surface area (Å²) in [5, 5.41) is 6.41. The maximum atomic E-state index is 5.63. The van der Waals surface area contributed by atoms with Gasteiger partial charge in [-0.05, 0) is 18.4 Å². The van der Waals surface area contributed by atoms with Gasteiger partial charge in [0.05, 0.1) is 13.2 Å². The number of guanidine groups is 1. The van der Waals surface area contributed by atoms with Crippen LogP contribution in [0.1, 0.15) is 12.0 Å². The third kappa shape index (κ3) is 9.05.